The van der Waals surface area contributed by atoms with Crippen LogP contribution in [0.5, 0.6) is 5.75 Å². The number of carbonyl (C=O) groups is 2. The predicted octanol–water partition coefficient (Wildman–Crippen LogP) is 3.66. The van der Waals surface area contributed by atoms with E-state index in [2.05, 4.69) is 0 Å². The molecule has 0 radical (unpaired) electrons. The standard InChI is InChI=1S/C22H25ClN2O3/c1-28-18-10-7-17(8-11-18)9-12-21(26)24-13-4-14-25(16-15-24)22(27)19-5-2-3-6-20(19)23/h2-3,5-8,10-11H,4,9,12-16H2,1H3. The number of nitrogens with zero attached hydrogens (tertiary/aromatic N) is 2. The Labute approximate surface area is 170 Å². The van der Waals surface area contributed by atoms with Gasteiger partial charge in [0.05, 0.1) is 17.7 Å². The van der Waals surface area contributed by atoms with E-state index >= 15 is 0 Å². The van der Waals surface area contributed by atoms with Gasteiger partial charge in [0.15, 0.2) is 0 Å². The van der Waals surface area contributed by atoms with Crippen molar-refractivity contribution in [1.82, 2.24) is 9.80 Å². The van der Waals surface area contributed by atoms with E-state index in [9.17, 15) is 9.59 Å². The van der Waals surface area contributed by atoms with Crippen LogP contribution in [0.4, 0.5) is 0 Å². The third-order valence-electron chi connectivity index (χ3n) is 5.03. The maximum absolute atomic E-state index is 12.7. The van der Waals surface area contributed by atoms with Crippen molar-refractivity contribution in [3.05, 3.63) is 64.7 Å². The predicted molar refractivity (Wildman–Crippen MR) is 110 cm³/mol. The smallest absolute Gasteiger partial charge is 0.255 e. The molecule has 28 heavy (non-hydrogen) atoms. The van der Waals surface area contributed by atoms with Gasteiger partial charge in [0, 0.05) is 32.6 Å². The highest BCUT2D eigenvalue weighted by Gasteiger charge is 2.23. The summed E-state index contributed by atoms with van der Waals surface area (Å²) in [5, 5.41) is 0.462. The fraction of sp³-hybridized carbons (Fsp3) is 0.364. The van der Waals surface area contributed by atoms with Gasteiger partial charge in [-0.15, -0.1) is 0 Å². The van der Waals surface area contributed by atoms with Crippen molar-refractivity contribution in [2.75, 3.05) is 33.3 Å². The molecule has 3 rings (SSSR count). The molecule has 2 amide bonds. The molecule has 0 aromatic heterocycles. The molecule has 0 spiro atoms. The van der Waals surface area contributed by atoms with Crippen molar-refractivity contribution < 1.29 is 14.3 Å². The molecular weight excluding hydrogens is 376 g/mol. The number of halogens is 1. The lowest BCUT2D eigenvalue weighted by Gasteiger charge is -2.22. The number of rotatable bonds is 5. The largest absolute Gasteiger partial charge is 0.497 e. The topological polar surface area (TPSA) is 49.9 Å². The second-order valence-corrected chi connectivity index (χ2v) is 7.26. The average molecular weight is 401 g/mol. The Bertz CT molecular complexity index is 823. The second kappa shape index (κ2) is 9.60. The zero-order valence-electron chi connectivity index (χ0n) is 16.1. The molecule has 0 N–H and O–H groups in total. The lowest BCUT2D eigenvalue weighted by Crippen LogP contribution is -2.37. The molecule has 0 aliphatic carbocycles. The minimum absolute atomic E-state index is 0.0712. The van der Waals surface area contributed by atoms with Gasteiger partial charge in [-0.3, -0.25) is 9.59 Å². The van der Waals surface area contributed by atoms with E-state index in [1.165, 1.54) is 0 Å². The zero-order chi connectivity index (χ0) is 19.9. The molecule has 148 valence electrons. The third kappa shape index (κ3) is 5.04. The van der Waals surface area contributed by atoms with Crippen LogP contribution in [0.25, 0.3) is 0 Å². The van der Waals surface area contributed by atoms with Gasteiger partial charge in [0.1, 0.15) is 5.75 Å². The molecule has 0 saturated carbocycles. The first kappa shape index (κ1) is 20.2. The van der Waals surface area contributed by atoms with E-state index in [4.69, 9.17) is 16.3 Å². The van der Waals surface area contributed by atoms with Crippen LogP contribution in [-0.2, 0) is 11.2 Å². The van der Waals surface area contributed by atoms with E-state index in [0.29, 0.717) is 49.6 Å². The molecule has 5 nitrogen and oxygen atoms in total. The van der Waals surface area contributed by atoms with E-state index < -0.39 is 0 Å². The normalized spacial score (nSPS) is 14.5. The summed E-state index contributed by atoms with van der Waals surface area (Å²) >= 11 is 6.16. The molecule has 1 heterocycles. The summed E-state index contributed by atoms with van der Waals surface area (Å²) in [4.78, 5) is 29.0. The molecule has 0 bridgehead atoms. The summed E-state index contributed by atoms with van der Waals surface area (Å²) in [5.41, 5.74) is 1.63. The lowest BCUT2D eigenvalue weighted by molar-refractivity contribution is -0.131. The highest BCUT2D eigenvalue weighted by Crippen LogP contribution is 2.19. The SMILES string of the molecule is COc1ccc(CCC(=O)N2CCCN(C(=O)c3ccccc3Cl)CC2)cc1. The molecular formula is C22H25ClN2O3. The van der Waals surface area contributed by atoms with Crippen LogP contribution in [0.1, 0.15) is 28.8 Å². The van der Waals surface area contributed by atoms with Gasteiger partial charge in [0.25, 0.3) is 5.91 Å². The molecule has 1 saturated heterocycles. The minimum atomic E-state index is -0.0712. The highest BCUT2D eigenvalue weighted by atomic mass is 35.5. The maximum Gasteiger partial charge on any atom is 0.255 e. The van der Waals surface area contributed by atoms with Crippen molar-refractivity contribution >= 4 is 23.4 Å². The Morgan fingerprint density at radius 3 is 2.36 bits per heavy atom. The lowest BCUT2D eigenvalue weighted by atomic mass is 10.1. The first-order chi connectivity index (χ1) is 13.6. The summed E-state index contributed by atoms with van der Waals surface area (Å²) in [5.74, 6) is 0.867. The summed E-state index contributed by atoms with van der Waals surface area (Å²) < 4.78 is 5.16. The van der Waals surface area contributed by atoms with Crippen LogP contribution < -0.4 is 4.74 Å². The Hall–Kier alpha value is -2.53. The third-order valence-corrected chi connectivity index (χ3v) is 5.36. The Morgan fingerprint density at radius 2 is 1.64 bits per heavy atom. The van der Waals surface area contributed by atoms with Crippen LogP contribution in [-0.4, -0.2) is 54.9 Å². The summed E-state index contributed by atoms with van der Waals surface area (Å²) in [7, 11) is 1.64. The van der Waals surface area contributed by atoms with Gasteiger partial charge in [-0.05, 0) is 42.7 Å². The molecule has 6 heteroatoms. The van der Waals surface area contributed by atoms with Crippen molar-refractivity contribution in [3.63, 3.8) is 0 Å². The number of benzene rings is 2. The van der Waals surface area contributed by atoms with Crippen LogP contribution in [0.2, 0.25) is 5.02 Å². The first-order valence-electron chi connectivity index (χ1n) is 9.53. The Morgan fingerprint density at radius 1 is 0.964 bits per heavy atom. The zero-order valence-corrected chi connectivity index (χ0v) is 16.8. The van der Waals surface area contributed by atoms with E-state index in [1.54, 1.807) is 24.1 Å². The molecule has 0 atom stereocenters. The summed E-state index contributed by atoms with van der Waals surface area (Å²) in [6.45, 7) is 2.38. The van der Waals surface area contributed by atoms with Crippen LogP contribution in [0.15, 0.2) is 48.5 Å². The monoisotopic (exact) mass is 400 g/mol. The van der Waals surface area contributed by atoms with Gasteiger partial charge in [-0.2, -0.15) is 0 Å². The number of aryl methyl sites for hydroxylation is 1. The van der Waals surface area contributed by atoms with Crippen LogP contribution in [0.3, 0.4) is 0 Å². The fourth-order valence-electron chi connectivity index (χ4n) is 3.38. The van der Waals surface area contributed by atoms with E-state index in [1.807, 2.05) is 41.3 Å². The summed E-state index contributed by atoms with van der Waals surface area (Å²) in [6, 6.07) is 14.9. The fourth-order valence-corrected chi connectivity index (χ4v) is 3.59. The van der Waals surface area contributed by atoms with Gasteiger partial charge >= 0.3 is 0 Å². The molecule has 1 aliphatic rings. The van der Waals surface area contributed by atoms with Gasteiger partial charge in [-0.25, -0.2) is 0 Å². The number of methoxy groups -OCH3 is 1. The molecule has 0 unspecified atom stereocenters. The number of ether oxygens (including phenoxy) is 1. The van der Waals surface area contributed by atoms with Crippen molar-refractivity contribution in [2.45, 2.75) is 19.3 Å². The number of carbonyl (C=O) groups excluding carboxylic acids is 2. The molecule has 2 aromatic rings. The second-order valence-electron chi connectivity index (χ2n) is 6.85. The highest BCUT2D eigenvalue weighted by molar-refractivity contribution is 6.33. The van der Waals surface area contributed by atoms with Crippen LogP contribution >= 0.6 is 11.6 Å². The maximum atomic E-state index is 12.7. The molecule has 1 aliphatic heterocycles. The number of hydrogen-bond donors (Lipinski definition) is 0. The van der Waals surface area contributed by atoms with Crippen molar-refractivity contribution in [3.8, 4) is 5.75 Å². The number of amides is 2. The molecule has 2 aromatic carbocycles. The minimum Gasteiger partial charge on any atom is -0.497 e. The van der Waals surface area contributed by atoms with Crippen LogP contribution in [0, 0.1) is 0 Å². The van der Waals surface area contributed by atoms with E-state index in [0.717, 1.165) is 17.7 Å². The first-order valence-corrected chi connectivity index (χ1v) is 9.91. The van der Waals surface area contributed by atoms with Crippen molar-refractivity contribution in [2.24, 2.45) is 0 Å². The quantitative estimate of drug-likeness (QED) is 0.769. The van der Waals surface area contributed by atoms with E-state index in [-0.39, 0.29) is 11.8 Å². The van der Waals surface area contributed by atoms with Crippen molar-refractivity contribution in [1.29, 1.82) is 0 Å². The van der Waals surface area contributed by atoms with Gasteiger partial charge < -0.3 is 14.5 Å². The van der Waals surface area contributed by atoms with Gasteiger partial charge in [-0.1, -0.05) is 35.9 Å². The number of hydrogen-bond acceptors (Lipinski definition) is 3. The average Bonchev–Trinajstić information content (AvgIpc) is 2.98. The Balaban J connectivity index is 1.53. The summed E-state index contributed by atoms with van der Waals surface area (Å²) in [6.07, 6.45) is 1.93. The molecule has 1 fully saturated rings. The van der Waals surface area contributed by atoms with Gasteiger partial charge in [0.2, 0.25) is 5.91 Å². The Kier molecular flexibility index (Phi) is 6.93.